The summed E-state index contributed by atoms with van der Waals surface area (Å²) in [5, 5.41) is 12.0. The van der Waals surface area contributed by atoms with Crippen LogP contribution in [0.15, 0.2) is 28.6 Å². The summed E-state index contributed by atoms with van der Waals surface area (Å²) in [6.07, 6.45) is 0. The van der Waals surface area contributed by atoms with Crippen molar-refractivity contribution in [2.45, 2.75) is 18.2 Å². The summed E-state index contributed by atoms with van der Waals surface area (Å²) in [7, 11) is 0. The minimum atomic E-state index is 0.142. The number of hydrogen-bond acceptors (Lipinski definition) is 6. The topological polar surface area (TPSA) is 54.9 Å². The zero-order valence-electron chi connectivity index (χ0n) is 10.1. The zero-order valence-corrected chi connectivity index (χ0v) is 11.8. The number of anilines is 2. The summed E-state index contributed by atoms with van der Waals surface area (Å²) in [4.78, 5) is 10.9. The lowest BCUT2D eigenvalue weighted by atomic mass is 10.2. The van der Waals surface area contributed by atoms with Crippen LogP contribution in [0.2, 0.25) is 0 Å². The summed E-state index contributed by atoms with van der Waals surface area (Å²) in [5.74, 6) is 0.586. The predicted molar refractivity (Wildman–Crippen MR) is 75.8 cm³/mol. The molecule has 0 atom stereocenters. The van der Waals surface area contributed by atoms with Crippen molar-refractivity contribution in [3.8, 4) is 0 Å². The molecule has 0 unspecified atom stereocenters. The van der Waals surface area contributed by atoms with E-state index in [4.69, 9.17) is 0 Å². The van der Waals surface area contributed by atoms with E-state index in [9.17, 15) is 4.79 Å². The summed E-state index contributed by atoms with van der Waals surface area (Å²) >= 11 is 2.87. The molecule has 0 spiro atoms. The molecule has 0 aliphatic heterocycles. The number of nitrogens with zero attached hydrogens (tertiary/aromatic N) is 2. The smallest absolute Gasteiger partial charge is 0.210 e. The number of carbonyl (C=O) groups is 1. The minimum absolute atomic E-state index is 0.142. The van der Waals surface area contributed by atoms with Gasteiger partial charge in [-0.05, 0) is 31.5 Å². The van der Waals surface area contributed by atoms with E-state index in [0.717, 1.165) is 15.2 Å². The molecule has 0 radical (unpaired) electrons. The number of Topliss-reactive ketones (excluding diaryl/α,β-unsaturated/α-hetero) is 1. The van der Waals surface area contributed by atoms with E-state index in [1.54, 1.807) is 6.92 Å². The Hall–Kier alpha value is -1.40. The van der Waals surface area contributed by atoms with Gasteiger partial charge in [0.25, 0.3) is 0 Å². The first-order chi connectivity index (χ1) is 8.63. The van der Waals surface area contributed by atoms with E-state index in [1.165, 1.54) is 28.7 Å². The maximum atomic E-state index is 10.9. The van der Waals surface area contributed by atoms with Crippen molar-refractivity contribution >= 4 is 39.7 Å². The molecule has 2 aromatic rings. The Labute approximate surface area is 114 Å². The Morgan fingerprint density at radius 1 is 1.44 bits per heavy atom. The van der Waals surface area contributed by atoms with Crippen LogP contribution < -0.4 is 5.32 Å². The Kier molecular flexibility index (Phi) is 4.33. The summed E-state index contributed by atoms with van der Waals surface area (Å²) in [6, 6.07) is 8.06. The van der Waals surface area contributed by atoms with Crippen LogP contribution in [-0.2, 0) is 4.79 Å². The van der Waals surface area contributed by atoms with Gasteiger partial charge in [0.15, 0.2) is 4.34 Å². The summed E-state index contributed by atoms with van der Waals surface area (Å²) < 4.78 is 0.806. The first kappa shape index (κ1) is 13.0. The van der Waals surface area contributed by atoms with Crippen molar-refractivity contribution < 1.29 is 4.79 Å². The Balaban J connectivity index is 2.00. The molecular weight excluding hydrogens is 266 g/mol. The maximum absolute atomic E-state index is 10.9. The van der Waals surface area contributed by atoms with Crippen molar-refractivity contribution in [1.29, 1.82) is 0 Å². The van der Waals surface area contributed by atoms with Crippen molar-refractivity contribution in [1.82, 2.24) is 10.2 Å². The fourth-order valence-electron chi connectivity index (χ4n) is 1.33. The fourth-order valence-corrected chi connectivity index (χ4v) is 2.90. The molecule has 0 fully saturated rings. The van der Waals surface area contributed by atoms with Gasteiger partial charge >= 0.3 is 0 Å². The Bertz CT molecular complexity index is 554. The van der Waals surface area contributed by atoms with Crippen molar-refractivity contribution in [2.24, 2.45) is 0 Å². The first-order valence-corrected chi connectivity index (χ1v) is 7.23. The molecule has 0 saturated carbocycles. The number of aryl methyl sites for hydroxylation is 1. The quantitative estimate of drug-likeness (QED) is 0.851. The number of rotatable bonds is 5. The first-order valence-electron chi connectivity index (χ1n) is 5.43. The highest BCUT2D eigenvalue weighted by Gasteiger charge is 2.06. The van der Waals surface area contributed by atoms with Gasteiger partial charge in [0, 0.05) is 5.69 Å². The van der Waals surface area contributed by atoms with Crippen LogP contribution in [0.4, 0.5) is 10.8 Å². The SMILES string of the molecule is CC(=O)CSc1nnc(Nc2cccc(C)c2)s1. The number of hydrogen-bond donors (Lipinski definition) is 1. The lowest BCUT2D eigenvalue weighted by molar-refractivity contribution is -0.114. The Morgan fingerprint density at radius 2 is 2.28 bits per heavy atom. The second kappa shape index (κ2) is 5.97. The summed E-state index contributed by atoms with van der Waals surface area (Å²) in [5.41, 5.74) is 2.19. The molecule has 0 bridgehead atoms. The molecule has 6 heteroatoms. The molecule has 4 nitrogen and oxygen atoms in total. The molecule has 1 aromatic carbocycles. The molecule has 1 aromatic heterocycles. The lowest BCUT2D eigenvalue weighted by Gasteiger charge is -2.01. The number of thioether (sulfide) groups is 1. The molecule has 1 heterocycles. The predicted octanol–water partition coefficient (Wildman–Crippen LogP) is 3.27. The van der Waals surface area contributed by atoms with Crippen molar-refractivity contribution in [2.75, 3.05) is 11.1 Å². The normalized spacial score (nSPS) is 10.3. The highest BCUT2D eigenvalue weighted by atomic mass is 32.2. The standard InChI is InChI=1S/C12H13N3OS2/c1-8-4-3-5-10(6-8)13-11-14-15-12(18-11)17-7-9(2)16/h3-6H,7H2,1-2H3,(H,13,14). The number of nitrogens with one attached hydrogen (secondary N) is 1. The third-order valence-corrected chi connectivity index (χ3v) is 4.19. The molecular formula is C12H13N3OS2. The average Bonchev–Trinajstić information content (AvgIpc) is 2.74. The van der Waals surface area contributed by atoms with Gasteiger partial charge in [-0.1, -0.05) is 35.2 Å². The molecule has 0 amide bonds. The number of aromatic nitrogens is 2. The van der Waals surface area contributed by atoms with Crippen molar-refractivity contribution in [3.63, 3.8) is 0 Å². The number of benzene rings is 1. The molecule has 2 rings (SSSR count). The van der Waals surface area contributed by atoms with Crippen molar-refractivity contribution in [3.05, 3.63) is 29.8 Å². The van der Waals surface area contributed by atoms with Gasteiger partial charge in [0.05, 0.1) is 5.75 Å². The minimum Gasteiger partial charge on any atom is -0.330 e. The van der Waals surface area contributed by atoms with Gasteiger partial charge in [-0.15, -0.1) is 10.2 Å². The van der Waals surface area contributed by atoms with Crippen LogP contribution in [0.25, 0.3) is 0 Å². The molecule has 94 valence electrons. The van der Waals surface area contributed by atoms with E-state index < -0.39 is 0 Å². The van der Waals surface area contributed by atoms with E-state index in [-0.39, 0.29) is 5.78 Å². The van der Waals surface area contributed by atoms with E-state index in [2.05, 4.69) is 15.5 Å². The highest BCUT2D eigenvalue weighted by Crippen LogP contribution is 2.27. The monoisotopic (exact) mass is 279 g/mol. The van der Waals surface area contributed by atoms with Crippen LogP contribution in [0, 0.1) is 6.92 Å². The van der Waals surface area contributed by atoms with E-state index >= 15 is 0 Å². The molecule has 1 N–H and O–H groups in total. The van der Waals surface area contributed by atoms with Crippen LogP contribution in [0.1, 0.15) is 12.5 Å². The number of ketones is 1. The third-order valence-electron chi connectivity index (χ3n) is 2.07. The van der Waals surface area contributed by atoms with Gasteiger partial charge in [0.2, 0.25) is 5.13 Å². The van der Waals surface area contributed by atoms with Gasteiger partial charge < -0.3 is 5.32 Å². The largest absolute Gasteiger partial charge is 0.330 e. The second-order valence-electron chi connectivity index (χ2n) is 3.86. The zero-order chi connectivity index (χ0) is 13.0. The summed E-state index contributed by atoms with van der Waals surface area (Å²) in [6.45, 7) is 3.61. The van der Waals surface area contributed by atoms with E-state index in [0.29, 0.717) is 5.75 Å². The molecule has 0 saturated heterocycles. The number of carbonyl (C=O) groups excluding carboxylic acids is 1. The third kappa shape index (κ3) is 3.82. The van der Waals surface area contributed by atoms with Gasteiger partial charge in [0.1, 0.15) is 5.78 Å². The fraction of sp³-hybridized carbons (Fsp3) is 0.250. The van der Waals surface area contributed by atoms with Gasteiger partial charge in [-0.3, -0.25) is 4.79 Å². The average molecular weight is 279 g/mol. The van der Waals surface area contributed by atoms with Crippen LogP contribution >= 0.6 is 23.1 Å². The maximum Gasteiger partial charge on any atom is 0.210 e. The highest BCUT2D eigenvalue weighted by molar-refractivity contribution is 8.01. The van der Waals surface area contributed by atoms with Crippen LogP contribution in [-0.4, -0.2) is 21.7 Å². The Morgan fingerprint density at radius 3 is 3.00 bits per heavy atom. The van der Waals surface area contributed by atoms with Gasteiger partial charge in [-0.2, -0.15) is 0 Å². The van der Waals surface area contributed by atoms with E-state index in [1.807, 2.05) is 31.2 Å². The molecule has 18 heavy (non-hydrogen) atoms. The lowest BCUT2D eigenvalue weighted by Crippen LogP contribution is -1.92. The molecule has 0 aliphatic carbocycles. The second-order valence-corrected chi connectivity index (χ2v) is 6.06. The van der Waals surface area contributed by atoms with Gasteiger partial charge in [-0.25, -0.2) is 0 Å². The van der Waals surface area contributed by atoms with Crippen LogP contribution in [0.5, 0.6) is 0 Å². The molecule has 0 aliphatic rings. The van der Waals surface area contributed by atoms with Crippen LogP contribution in [0.3, 0.4) is 0 Å².